The third-order valence-corrected chi connectivity index (χ3v) is 5.68. The summed E-state index contributed by atoms with van der Waals surface area (Å²) >= 11 is 1.61. The maximum absolute atomic E-state index is 12.2. The quantitative estimate of drug-likeness (QED) is 0.575. The average Bonchev–Trinajstić information content (AvgIpc) is 2.68. The lowest BCUT2D eigenvalue weighted by Gasteiger charge is -2.26. The molecule has 1 atom stereocenters. The molecular weight excluding hydrogens is 358 g/mol. The third kappa shape index (κ3) is 5.86. The Morgan fingerprint density at radius 2 is 1.93 bits per heavy atom. The summed E-state index contributed by atoms with van der Waals surface area (Å²) in [5.74, 6) is 0.0597. The maximum Gasteiger partial charge on any atom is 0.307 e. The topological polar surface area (TPSA) is 55.4 Å². The van der Waals surface area contributed by atoms with Crippen LogP contribution >= 0.6 is 11.8 Å². The van der Waals surface area contributed by atoms with Gasteiger partial charge in [-0.2, -0.15) is 0 Å². The van der Waals surface area contributed by atoms with Crippen LogP contribution in [-0.2, 0) is 20.7 Å². The minimum atomic E-state index is -0.339. The molecule has 0 bridgehead atoms. The van der Waals surface area contributed by atoms with E-state index in [-0.39, 0.29) is 30.9 Å². The Bertz CT molecular complexity index is 788. The zero-order chi connectivity index (χ0) is 19.1. The molecule has 1 aliphatic rings. The van der Waals surface area contributed by atoms with Crippen molar-refractivity contribution < 1.29 is 14.3 Å². The normalized spacial score (nSPS) is 15.7. The van der Waals surface area contributed by atoms with E-state index in [1.54, 1.807) is 11.8 Å². The monoisotopic (exact) mass is 383 g/mol. The molecule has 5 heteroatoms. The van der Waals surface area contributed by atoms with E-state index in [1.807, 2.05) is 31.2 Å². The van der Waals surface area contributed by atoms with Crippen LogP contribution in [0.1, 0.15) is 42.0 Å². The summed E-state index contributed by atoms with van der Waals surface area (Å²) in [5, 5.41) is 3.00. The lowest BCUT2D eigenvalue weighted by Crippen LogP contribution is -2.34. The molecule has 0 spiro atoms. The number of ether oxygens (including phenoxy) is 1. The molecule has 0 aliphatic heterocycles. The minimum Gasteiger partial charge on any atom is -0.456 e. The second kappa shape index (κ2) is 9.60. The maximum atomic E-state index is 12.2. The number of benzene rings is 2. The van der Waals surface area contributed by atoms with Crippen LogP contribution < -0.4 is 5.32 Å². The first-order valence-electron chi connectivity index (χ1n) is 9.34. The number of esters is 1. The predicted octanol–water partition coefficient (Wildman–Crippen LogP) is 4.21. The Balaban J connectivity index is 1.38. The molecule has 2 aromatic rings. The molecule has 0 heterocycles. The molecule has 2 aromatic carbocycles. The van der Waals surface area contributed by atoms with Crippen molar-refractivity contribution in [3.63, 3.8) is 0 Å². The number of aryl methyl sites for hydroxylation is 2. The Kier molecular flexibility index (Phi) is 6.93. The summed E-state index contributed by atoms with van der Waals surface area (Å²) in [4.78, 5) is 25.2. The van der Waals surface area contributed by atoms with Gasteiger partial charge >= 0.3 is 5.97 Å². The number of amides is 1. The number of carbonyl (C=O) groups excluding carboxylic acids is 2. The van der Waals surface area contributed by atoms with Gasteiger partial charge in [0.1, 0.15) is 0 Å². The van der Waals surface area contributed by atoms with Crippen LogP contribution in [0.4, 0.5) is 0 Å². The Morgan fingerprint density at radius 1 is 1.15 bits per heavy atom. The molecule has 0 aromatic heterocycles. The van der Waals surface area contributed by atoms with E-state index in [1.165, 1.54) is 16.7 Å². The zero-order valence-electron chi connectivity index (χ0n) is 15.6. The number of carbonyl (C=O) groups is 2. The van der Waals surface area contributed by atoms with Gasteiger partial charge in [-0.1, -0.05) is 42.0 Å². The Morgan fingerprint density at radius 3 is 2.74 bits per heavy atom. The molecule has 0 unspecified atom stereocenters. The van der Waals surface area contributed by atoms with Gasteiger partial charge in [0.05, 0.1) is 12.5 Å². The molecule has 27 heavy (non-hydrogen) atoms. The molecule has 1 N–H and O–H groups in total. The van der Waals surface area contributed by atoms with E-state index in [9.17, 15) is 9.59 Å². The van der Waals surface area contributed by atoms with E-state index in [0.29, 0.717) is 5.75 Å². The standard InChI is InChI=1S/C22H25NO3S/c1-16-9-11-18(12-10-16)27-14-13-22(25)26-15-21(24)23-20-8-4-6-17-5-2-3-7-19(17)20/h2-3,5,7,9-12,20H,4,6,8,13-15H2,1H3,(H,23,24)/t20-/m1/s1. The highest BCUT2D eigenvalue weighted by Gasteiger charge is 2.21. The van der Waals surface area contributed by atoms with Crippen molar-refractivity contribution in [3.8, 4) is 0 Å². The van der Waals surface area contributed by atoms with Crippen LogP contribution in [0.15, 0.2) is 53.4 Å². The fourth-order valence-electron chi connectivity index (χ4n) is 3.24. The van der Waals surface area contributed by atoms with E-state index in [2.05, 4.69) is 29.6 Å². The van der Waals surface area contributed by atoms with Gasteiger partial charge in [0.15, 0.2) is 6.61 Å². The largest absolute Gasteiger partial charge is 0.456 e. The van der Waals surface area contributed by atoms with Crippen molar-refractivity contribution in [3.05, 3.63) is 65.2 Å². The van der Waals surface area contributed by atoms with Gasteiger partial charge in [0, 0.05) is 10.6 Å². The van der Waals surface area contributed by atoms with Crippen molar-refractivity contribution in [2.24, 2.45) is 0 Å². The van der Waals surface area contributed by atoms with Crippen LogP contribution in [0.25, 0.3) is 0 Å². The van der Waals surface area contributed by atoms with Crippen LogP contribution in [0.5, 0.6) is 0 Å². The fourth-order valence-corrected chi connectivity index (χ4v) is 4.08. The van der Waals surface area contributed by atoms with Gasteiger partial charge in [-0.15, -0.1) is 11.8 Å². The Hall–Kier alpha value is -2.27. The summed E-state index contributed by atoms with van der Waals surface area (Å²) in [5.41, 5.74) is 3.68. The van der Waals surface area contributed by atoms with Gasteiger partial charge < -0.3 is 10.1 Å². The van der Waals surface area contributed by atoms with E-state index in [0.717, 1.165) is 24.2 Å². The number of thioether (sulfide) groups is 1. The molecule has 1 aliphatic carbocycles. The molecule has 0 saturated carbocycles. The van der Waals surface area contributed by atoms with Gasteiger partial charge in [-0.3, -0.25) is 9.59 Å². The van der Waals surface area contributed by atoms with Crippen LogP contribution in [0.2, 0.25) is 0 Å². The van der Waals surface area contributed by atoms with Crippen molar-refractivity contribution in [1.82, 2.24) is 5.32 Å². The summed E-state index contributed by atoms with van der Waals surface area (Å²) in [7, 11) is 0. The lowest BCUT2D eigenvalue weighted by atomic mass is 9.88. The Labute approximate surface area is 164 Å². The highest BCUT2D eigenvalue weighted by Crippen LogP contribution is 2.29. The number of hydrogen-bond donors (Lipinski definition) is 1. The van der Waals surface area contributed by atoms with E-state index >= 15 is 0 Å². The smallest absolute Gasteiger partial charge is 0.307 e. The second-order valence-corrected chi connectivity index (χ2v) is 7.95. The summed E-state index contributed by atoms with van der Waals surface area (Å²) < 4.78 is 5.13. The zero-order valence-corrected chi connectivity index (χ0v) is 16.4. The number of fused-ring (bicyclic) bond motifs is 1. The van der Waals surface area contributed by atoms with Crippen molar-refractivity contribution in [1.29, 1.82) is 0 Å². The molecular formula is C22H25NO3S. The van der Waals surface area contributed by atoms with Crippen molar-refractivity contribution >= 4 is 23.6 Å². The molecule has 0 saturated heterocycles. The molecule has 3 rings (SSSR count). The molecule has 1 amide bonds. The fraction of sp³-hybridized carbons (Fsp3) is 0.364. The summed E-state index contributed by atoms with van der Waals surface area (Å²) in [6.45, 7) is 1.83. The van der Waals surface area contributed by atoms with Gasteiger partial charge in [0.2, 0.25) is 0 Å². The lowest BCUT2D eigenvalue weighted by molar-refractivity contribution is -0.148. The van der Waals surface area contributed by atoms with Gasteiger partial charge in [-0.25, -0.2) is 0 Å². The first-order chi connectivity index (χ1) is 13.1. The third-order valence-electron chi connectivity index (χ3n) is 4.66. The van der Waals surface area contributed by atoms with Crippen LogP contribution in [0.3, 0.4) is 0 Å². The van der Waals surface area contributed by atoms with Gasteiger partial charge in [-0.05, 0) is 49.4 Å². The van der Waals surface area contributed by atoms with Crippen molar-refractivity contribution in [2.75, 3.05) is 12.4 Å². The average molecular weight is 384 g/mol. The first-order valence-corrected chi connectivity index (χ1v) is 10.3. The van der Waals surface area contributed by atoms with E-state index in [4.69, 9.17) is 4.74 Å². The highest BCUT2D eigenvalue weighted by molar-refractivity contribution is 7.99. The van der Waals surface area contributed by atoms with E-state index < -0.39 is 0 Å². The highest BCUT2D eigenvalue weighted by atomic mass is 32.2. The number of hydrogen-bond acceptors (Lipinski definition) is 4. The minimum absolute atomic E-state index is 0.0123. The summed E-state index contributed by atoms with van der Waals surface area (Å²) in [6, 6.07) is 16.4. The SMILES string of the molecule is Cc1ccc(SCCC(=O)OCC(=O)N[C@@H]2CCCc3ccccc32)cc1. The molecule has 142 valence electrons. The predicted molar refractivity (Wildman–Crippen MR) is 108 cm³/mol. The second-order valence-electron chi connectivity index (χ2n) is 6.78. The van der Waals surface area contributed by atoms with Crippen molar-refractivity contribution in [2.45, 2.75) is 43.5 Å². The number of rotatable bonds is 7. The molecule has 0 fully saturated rings. The van der Waals surface area contributed by atoms with Crippen LogP contribution in [0, 0.1) is 6.92 Å². The number of nitrogens with one attached hydrogen (secondary N) is 1. The first kappa shape index (κ1) is 19.5. The molecule has 0 radical (unpaired) electrons. The van der Waals surface area contributed by atoms with Crippen LogP contribution in [-0.4, -0.2) is 24.2 Å². The molecule has 4 nitrogen and oxygen atoms in total. The van der Waals surface area contributed by atoms with Gasteiger partial charge in [0.25, 0.3) is 5.91 Å². The summed E-state index contributed by atoms with van der Waals surface area (Å²) in [6.07, 6.45) is 3.32.